The van der Waals surface area contributed by atoms with Gasteiger partial charge < -0.3 is 15.3 Å². The van der Waals surface area contributed by atoms with Crippen molar-refractivity contribution in [2.45, 2.75) is 111 Å². The minimum atomic E-state index is -1.09. The fourth-order valence-electron chi connectivity index (χ4n) is 6.53. The van der Waals surface area contributed by atoms with Crippen molar-refractivity contribution in [1.82, 2.24) is 0 Å². The molecule has 36 heavy (non-hydrogen) atoms. The van der Waals surface area contributed by atoms with E-state index in [0.29, 0.717) is 18.3 Å². The molecule has 0 aromatic heterocycles. The fraction of sp³-hybridized carbons (Fsp3) is 0.733. The van der Waals surface area contributed by atoms with Crippen LogP contribution in [0, 0.1) is 23.2 Å². The van der Waals surface area contributed by atoms with Crippen molar-refractivity contribution in [2.24, 2.45) is 23.2 Å². The molecule has 0 amide bonds. The highest BCUT2D eigenvalue weighted by Gasteiger charge is 2.50. The van der Waals surface area contributed by atoms with E-state index in [1.54, 1.807) is 5.57 Å². The summed E-state index contributed by atoms with van der Waals surface area (Å²) in [4.78, 5) is 21.3. The van der Waals surface area contributed by atoms with Gasteiger partial charge in [-0.3, -0.25) is 9.59 Å². The van der Waals surface area contributed by atoms with Crippen molar-refractivity contribution < 1.29 is 24.9 Å². The highest BCUT2D eigenvalue weighted by molar-refractivity contribution is 9.09. The number of Topliss-reactive ketones (excluding diaryl/α,β-unsaturated/α-hetero) is 1. The first-order chi connectivity index (χ1) is 17.0. The average molecular weight is 570 g/mol. The minimum absolute atomic E-state index is 0.0347. The topological polar surface area (TPSA) is 94.8 Å². The largest absolute Gasteiger partial charge is 0.481 e. The molecule has 206 valence electrons. The van der Waals surface area contributed by atoms with Gasteiger partial charge in [0.25, 0.3) is 0 Å². The number of hydrogen-bond acceptors (Lipinski definition) is 4. The molecule has 4 unspecified atom stereocenters. The summed E-state index contributed by atoms with van der Waals surface area (Å²) in [5.74, 6) is 0.135. The molecule has 0 radical (unpaired) electrons. The summed E-state index contributed by atoms with van der Waals surface area (Å²) in [7, 11) is 0. The van der Waals surface area contributed by atoms with E-state index >= 15 is 0 Å². The van der Waals surface area contributed by atoms with Crippen LogP contribution in [-0.2, 0) is 9.59 Å². The Morgan fingerprint density at radius 1 is 1.08 bits per heavy atom. The van der Waals surface area contributed by atoms with Crippen molar-refractivity contribution in [1.29, 1.82) is 0 Å². The zero-order valence-electron chi connectivity index (χ0n) is 23.1. The predicted molar refractivity (Wildman–Crippen MR) is 151 cm³/mol. The molecule has 3 aliphatic rings. The molecular weight excluding hydrogens is 520 g/mol. The van der Waals surface area contributed by atoms with Crippen LogP contribution in [0.5, 0.6) is 0 Å². The lowest BCUT2D eigenvalue weighted by Crippen LogP contribution is -2.38. The Kier molecular flexibility index (Phi) is 14.5. The van der Waals surface area contributed by atoms with Crippen molar-refractivity contribution in [3.63, 3.8) is 0 Å². The number of carboxylic acids is 1. The predicted octanol–water partition coefficient (Wildman–Crippen LogP) is 7.01. The van der Waals surface area contributed by atoms with E-state index in [9.17, 15) is 19.8 Å². The third-order valence-electron chi connectivity index (χ3n) is 8.30. The van der Waals surface area contributed by atoms with Crippen LogP contribution in [0.4, 0.5) is 0 Å². The zero-order chi connectivity index (χ0) is 27.5. The molecule has 3 aliphatic carbocycles. The van der Waals surface area contributed by atoms with Gasteiger partial charge >= 0.3 is 5.97 Å². The molecule has 0 aromatic carbocycles. The number of aliphatic hydroxyl groups excluding tert-OH is 2. The molecule has 3 saturated carbocycles. The molecule has 5 nitrogen and oxygen atoms in total. The van der Waals surface area contributed by atoms with E-state index in [2.05, 4.69) is 48.5 Å². The minimum Gasteiger partial charge on any atom is -0.481 e. The number of fused-ring (bicyclic) bond motifs is 1. The van der Waals surface area contributed by atoms with Gasteiger partial charge in [0.05, 0.1) is 0 Å². The van der Waals surface area contributed by atoms with Gasteiger partial charge in [0, 0.05) is 0 Å². The number of carboxylic acid groups (broad SMARTS) is 1. The van der Waals surface area contributed by atoms with Crippen LogP contribution in [0.15, 0.2) is 35.5 Å². The SMILES string of the molecule is C=C1CCCC/C1=C/C=C1\CCC[C@@]2(C)C1CCC2[C@H](C)CC(O)C(=O)C(C)O.CC.O=C(O)CBr. The third kappa shape index (κ3) is 8.95. The van der Waals surface area contributed by atoms with Crippen molar-refractivity contribution in [3.8, 4) is 0 Å². The van der Waals surface area contributed by atoms with E-state index in [-0.39, 0.29) is 16.7 Å². The summed E-state index contributed by atoms with van der Waals surface area (Å²) >= 11 is 2.71. The van der Waals surface area contributed by atoms with Crippen molar-refractivity contribution in [3.05, 3.63) is 35.5 Å². The molecule has 0 aromatic rings. The maximum Gasteiger partial charge on any atom is 0.314 e. The Morgan fingerprint density at radius 2 is 1.69 bits per heavy atom. The average Bonchev–Trinajstić information content (AvgIpc) is 3.22. The maximum absolute atomic E-state index is 11.9. The summed E-state index contributed by atoms with van der Waals surface area (Å²) in [5, 5.41) is 27.5. The molecule has 3 fully saturated rings. The number of hydrogen-bond donors (Lipinski definition) is 3. The van der Waals surface area contributed by atoms with E-state index in [1.165, 1.54) is 69.4 Å². The second-order valence-electron chi connectivity index (χ2n) is 10.7. The fourth-order valence-corrected chi connectivity index (χ4v) is 6.53. The number of aliphatic carboxylic acids is 1. The third-order valence-corrected chi connectivity index (χ3v) is 8.78. The Hall–Kier alpha value is -1.24. The molecule has 0 aliphatic heterocycles. The van der Waals surface area contributed by atoms with Gasteiger partial charge in [-0.15, -0.1) is 0 Å². The number of alkyl halides is 1. The molecule has 0 heterocycles. The second-order valence-corrected chi connectivity index (χ2v) is 11.2. The van der Waals surface area contributed by atoms with Gasteiger partial charge in [0.15, 0.2) is 5.78 Å². The number of rotatable bonds is 7. The van der Waals surface area contributed by atoms with Crippen LogP contribution in [0.2, 0.25) is 0 Å². The van der Waals surface area contributed by atoms with E-state index < -0.39 is 24.0 Å². The maximum atomic E-state index is 11.9. The molecule has 3 rings (SSSR count). The summed E-state index contributed by atoms with van der Waals surface area (Å²) in [6.07, 6.45) is 14.0. The molecule has 0 bridgehead atoms. The van der Waals surface area contributed by atoms with Gasteiger partial charge in [0.1, 0.15) is 17.5 Å². The van der Waals surface area contributed by atoms with Crippen LogP contribution < -0.4 is 0 Å². The summed E-state index contributed by atoms with van der Waals surface area (Å²) in [6.45, 7) is 14.3. The lowest BCUT2D eigenvalue weighted by molar-refractivity contribution is -0.136. The molecule has 0 spiro atoms. The van der Waals surface area contributed by atoms with Gasteiger partial charge in [-0.2, -0.15) is 0 Å². The standard InChI is InChI=1S/C26H40O3.C2H3BrO2.C2H6/c1-17-8-5-6-9-20(17)11-12-21-10-7-15-26(4)22(13-14-23(21)26)18(2)16-24(28)25(29)19(3)27;3-1-2(4)5;1-2/h11-12,18-19,22-24,27-28H,1,5-10,13-16H2,2-4H3;1H2,(H,4,5);1-2H3/b20-11-,21-12+;;/t18-,19?,22?,23?,24?,26-;;/m1../s1. The monoisotopic (exact) mass is 568 g/mol. The van der Waals surface area contributed by atoms with Gasteiger partial charge in [-0.1, -0.05) is 73.5 Å². The highest BCUT2D eigenvalue weighted by atomic mass is 79.9. The first-order valence-corrected chi connectivity index (χ1v) is 14.9. The first-order valence-electron chi connectivity index (χ1n) is 13.8. The van der Waals surface area contributed by atoms with Crippen molar-refractivity contribution in [2.75, 3.05) is 5.33 Å². The Labute approximate surface area is 227 Å². The van der Waals surface area contributed by atoms with Crippen molar-refractivity contribution >= 4 is 27.7 Å². The second kappa shape index (κ2) is 15.9. The smallest absolute Gasteiger partial charge is 0.314 e. The molecule has 3 N–H and O–H groups in total. The summed E-state index contributed by atoms with van der Waals surface area (Å²) in [6, 6.07) is 0. The van der Waals surface area contributed by atoms with E-state index in [1.807, 2.05) is 13.8 Å². The van der Waals surface area contributed by atoms with E-state index in [4.69, 9.17) is 5.11 Å². The molecule has 0 saturated heterocycles. The number of allylic oxidation sites excluding steroid dienone is 5. The van der Waals surface area contributed by atoms with Crippen LogP contribution in [0.1, 0.15) is 98.8 Å². The zero-order valence-corrected chi connectivity index (χ0v) is 24.6. The molecule has 6 heteroatoms. The van der Waals surface area contributed by atoms with Gasteiger partial charge in [-0.25, -0.2) is 0 Å². The van der Waals surface area contributed by atoms with Gasteiger partial charge in [-0.05, 0) is 99.9 Å². The quantitative estimate of drug-likeness (QED) is 0.287. The number of aliphatic hydroxyl groups is 2. The van der Waals surface area contributed by atoms with Crippen LogP contribution in [0.3, 0.4) is 0 Å². The number of ketones is 1. The highest BCUT2D eigenvalue weighted by Crippen LogP contribution is 2.59. The Morgan fingerprint density at radius 3 is 2.25 bits per heavy atom. The summed E-state index contributed by atoms with van der Waals surface area (Å²) < 4.78 is 0. The Bertz CT molecular complexity index is 799. The molecular formula is C30H49BrO5. The van der Waals surface area contributed by atoms with Crippen LogP contribution in [0.25, 0.3) is 0 Å². The van der Waals surface area contributed by atoms with Crippen LogP contribution >= 0.6 is 15.9 Å². The number of halogens is 1. The lowest BCUT2D eigenvalue weighted by Gasteiger charge is -2.44. The lowest BCUT2D eigenvalue weighted by atomic mass is 9.60. The first kappa shape index (κ1) is 32.8. The molecule has 6 atom stereocenters. The number of carbonyl (C=O) groups excluding carboxylic acids is 1. The Balaban J connectivity index is 0.000000826. The summed E-state index contributed by atoms with van der Waals surface area (Å²) in [5.41, 5.74) is 4.61. The number of carbonyl (C=O) groups is 2. The van der Waals surface area contributed by atoms with Gasteiger partial charge in [0.2, 0.25) is 0 Å². The van der Waals surface area contributed by atoms with E-state index in [0.717, 1.165) is 6.42 Å². The normalized spacial score (nSPS) is 30.3. The van der Waals surface area contributed by atoms with Crippen LogP contribution in [-0.4, -0.2) is 44.6 Å².